The van der Waals surface area contributed by atoms with Gasteiger partial charge < -0.3 is 15.3 Å². The average Bonchev–Trinajstić information content (AvgIpc) is 3.22. The molecule has 35 heavy (non-hydrogen) atoms. The number of nitrogens with two attached hydrogens (primary N) is 1. The normalized spacial score (nSPS) is 12.0. The highest BCUT2D eigenvalue weighted by atomic mass is 19.1. The number of halogens is 2. The number of nitrogen functional groups attached to an aromatic ring is 1. The largest absolute Gasteiger partial charge is 0.458 e. The van der Waals surface area contributed by atoms with E-state index in [0.29, 0.717) is 11.0 Å². The number of fused-ring (bicyclic) bond motifs is 2. The van der Waals surface area contributed by atoms with Crippen molar-refractivity contribution >= 4 is 27.8 Å². The van der Waals surface area contributed by atoms with E-state index in [-0.39, 0.29) is 39.4 Å². The third kappa shape index (κ3) is 3.68. The Hall–Kier alpha value is -4.62. The molecule has 10 heteroatoms. The van der Waals surface area contributed by atoms with Crippen LogP contribution in [-0.4, -0.2) is 31.5 Å². The molecule has 0 bridgehead atoms. The second kappa shape index (κ2) is 8.62. The molecule has 0 amide bonds. The number of aliphatic hydroxyl groups is 1. The van der Waals surface area contributed by atoms with Crippen molar-refractivity contribution in [2.75, 3.05) is 12.3 Å². The van der Waals surface area contributed by atoms with Crippen molar-refractivity contribution in [3.05, 3.63) is 82.1 Å². The minimum atomic E-state index is -0.782. The molecule has 1 atom stereocenters. The van der Waals surface area contributed by atoms with Crippen molar-refractivity contribution in [3.8, 4) is 23.0 Å². The van der Waals surface area contributed by atoms with Crippen LogP contribution in [0.15, 0.2) is 58.0 Å². The maximum Gasteiger partial charge on any atom is 0.203 e. The monoisotopic (exact) mass is 473 g/mol. The minimum absolute atomic E-state index is 0.0109. The van der Waals surface area contributed by atoms with Crippen LogP contribution >= 0.6 is 0 Å². The zero-order valence-corrected chi connectivity index (χ0v) is 18.3. The van der Waals surface area contributed by atoms with E-state index in [0.717, 1.165) is 6.07 Å². The molecule has 0 aliphatic carbocycles. The summed E-state index contributed by atoms with van der Waals surface area (Å²) in [4.78, 5) is 21.8. The lowest BCUT2D eigenvalue weighted by atomic mass is 9.99. The van der Waals surface area contributed by atoms with Crippen molar-refractivity contribution in [2.45, 2.75) is 13.0 Å². The Bertz CT molecular complexity index is 1730. The molecule has 5 aromatic rings. The Labute approximate surface area is 196 Å². The molecule has 0 unspecified atom stereocenters. The van der Waals surface area contributed by atoms with Crippen LogP contribution in [0.2, 0.25) is 0 Å². The summed E-state index contributed by atoms with van der Waals surface area (Å²) in [6.07, 6.45) is 1.26. The van der Waals surface area contributed by atoms with E-state index in [4.69, 9.17) is 15.3 Å². The summed E-state index contributed by atoms with van der Waals surface area (Å²) in [6.45, 7) is 1.30. The number of hydrogen-bond donors (Lipinski definition) is 2. The molecule has 0 aliphatic heterocycles. The van der Waals surface area contributed by atoms with Gasteiger partial charge in [-0.3, -0.25) is 4.79 Å². The Balaban J connectivity index is 1.84. The van der Waals surface area contributed by atoms with Crippen LogP contribution in [0.3, 0.4) is 0 Å². The first kappa shape index (κ1) is 22.2. The molecule has 2 aromatic carbocycles. The highest BCUT2D eigenvalue weighted by Gasteiger charge is 2.27. The number of aliphatic hydroxyl groups excluding tert-OH is 1. The SMILES string of the molecule is C[C@@H](c1oc2cccc(F)c2c(=O)c1-c1cccc(F)c1)n1nc(C#CCO)c2c(N)ncnc21. The van der Waals surface area contributed by atoms with Crippen LogP contribution in [0.1, 0.15) is 24.4 Å². The predicted molar refractivity (Wildman–Crippen MR) is 125 cm³/mol. The van der Waals surface area contributed by atoms with Crippen LogP contribution in [0.4, 0.5) is 14.6 Å². The summed E-state index contributed by atoms with van der Waals surface area (Å²) in [5.41, 5.74) is 6.16. The summed E-state index contributed by atoms with van der Waals surface area (Å²) < 4.78 is 36.3. The molecule has 0 spiro atoms. The first-order valence-corrected chi connectivity index (χ1v) is 10.5. The third-order valence-electron chi connectivity index (χ3n) is 5.56. The van der Waals surface area contributed by atoms with Gasteiger partial charge in [-0.2, -0.15) is 5.10 Å². The van der Waals surface area contributed by atoms with Gasteiger partial charge in [0.25, 0.3) is 0 Å². The van der Waals surface area contributed by atoms with E-state index in [1.165, 1.54) is 47.4 Å². The lowest BCUT2D eigenvalue weighted by Gasteiger charge is -2.17. The summed E-state index contributed by atoms with van der Waals surface area (Å²) in [6, 6.07) is 8.68. The predicted octanol–water partition coefficient (Wildman–Crippen LogP) is 3.41. The highest BCUT2D eigenvalue weighted by molar-refractivity contribution is 5.91. The molecule has 174 valence electrons. The molecule has 3 heterocycles. The number of rotatable bonds is 3. The lowest BCUT2D eigenvalue weighted by Crippen LogP contribution is -2.17. The molecule has 3 N–H and O–H groups in total. The van der Waals surface area contributed by atoms with Crippen LogP contribution in [-0.2, 0) is 0 Å². The van der Waals surface area contributed by atoms with Crippen LogP contribution in [0.5, 0.6) is 0 Å². The van der Waals surface area contributed by atoms with Crippen molar-refractivity contribution in [1.29, 1.82) is 0 Å². The quantitative estimate of drug-likeness (QED) is 0.385. The van der Waals surface area contributed by atoms with Crippen molar-refractivity contribution < 1.29 is 18.3 Å². The van der Waals surface area contributed by atoms with Gasteiger partial charge in [-0.15, -0.1) is 0 Å². The topological polar surface area (TPSA) is 120 Å². The van der Waals surface area contributed by atoms with E-state index < -0.39 is 29.7 Å². The first-order chi connectivity index (χ1) is 16.9. The molecule has 3 aromatic heterocycles. The third-order valence-corrected chi connectivity index (χ3v) is 5.56. The standard InChI is InChI=1S/C25H17F2N5O3/c1-13(32-25-21(24(28)29-12-30-25)17(31-32)8-4-10-33)23-19(14-5-2-6-15(26)11-14)22(34)20-16(27)7-3-9-18(20)35-23/h2-3,5-7,9,11-13,33H,10H2,1H3,(H2,28,29,30)/t13-/m0/s1. The Morgan fingerprint density at radius 3 is 2.74 bits per heavy atom. The van der Waals surface area contributed by atoms with Gasteiger partial charge in [0.1, 0.15) is 58.9 Å². The zero-order valence-electron chi connectivity index (χ0n) is 18.3. The maximum absolute atomic E-state index is 14.6. The van der Waals surface area contributed by atoms with Gasteiger partial charge in [0.05, 0.1) is 10.9 Å². The summed E-state index contributed by atoms with van der Waals surface area (Å²) >= 11 is 0. The molecule has 0 fully saturated rings. The molecular weight excluding hydrogens is 456 g/mol. The van der Waals surface area contributed by atoms with Crippen LogP contribution in [0.25, 0.3) is 33.1 Å². The highest BCUT2D eigenvalue weighted by Crippen LogP contribution is 2.34. The zero-order chi connectivity index (χ0) is 24.7. The van der Waals surface area contributed by atoms with Gasteiger partial charge in [-0.1, -0.05) is 24.1 Å². The fraction of sp³-hybridized carbons (Fsp3) is 0.120. The summed E-state index contributed by atoms with van der Waals surface area (Å²) in [5.74, 6) is 4.17. The van der Waals surface area contributed by atoms with E-state index in [1.807, 2.05) is 0 Å². The minimum Gasteiger partial charge on any atom is -0.458 e. The average molecular weight is 473 g/mol. The Kier molecular flexibility index (Phi) is 5.47. The van der Waals surface area contributed by atoms with Gasteiger partial charge in [0.2, 0.25) is 5.43 Å². The van der Waals surface area contributed by atoms with E-state index >= 15 is 0 Å². The van der Waals surface area contributed by atoms with Gasteiger partial charge >= 0.3 is 0 Å². The maximum atomic E-state index is 14.6. The number of aromatic nitrogens is 4. The van der Waals surface area contributed by atoms with Crippen molar-refractivity contribution in [1.82, 2.24) is 19.7 Å². The van der Waals surface area contributed by atoms with Gasteiger partial charge in [-0.05, 0) is 42.7 Å². The number of nitrogens with zero attached hydrogens (tertiary/aromatic N) is 4. The Morgan fingerprint density at radius 1 is 1.17 bits per heavy atom. The first-order valence-electron chi connectivity index (χ1n) is 10.5. The van der Waals surface area contributed by atoms with E-state index in [1.54, 1.807) is 6.92 Å². The van der Waals surface area contributed by atoms with E-state index in [9.17, 15) is 13.6 Å². The fourth-order valence-corrected chi connectivity index (χ4v) is 4.01. The lowest BCUT2D eigenvalue weighted by molar-refractivity contribution is 0.350. The van der Waals surface area contributed by atoms with Crippen LogP contribution < -0.4 is 11.2 Å². The fourth-order valence-electron chi connectivity index (χ4n) is 4.01. The number of hydrogen-bond acceptors (Lipinski definition) is 7. The van der Waals surface area contributed by atoms with Crippen molar-refractivity contribution in [2.24, 2.45) is 0 Å². The van der Waals surface area contributed by atoms with Gasteiger partial charge in [0.15, 0.2) is 5.65 Å². The van der Waals surface area contributed by atoms with Crippen LogP contribution in [0, 0.1) is 23.5 Å². The van der Waals surface area contributed by atoms with Gasteiger partial charge in [0, 0.05) is 0 Å². The molecule has 0 saturated heterocycles. The Morgan fingerprint density at radius 2 is 1.97 bits per heavy atom. The molecule has 0 aliphatic rings. The second-order valence-corrected chi connectivity index (χ2v) is 7.68. The molecule has 5 rings (SSSR count). The molecule has 0 radical (unpaired) electrons. The molecule has 8 nitrogen and oxygen atoms in total. The van der Waals surface area contributed by atoms with Gasteiger partial charge in [-0.25, -0.2) is 23.4 Å². The van der Waals surface area contributed by atoms with E-state index in [2.05, 4.69) is 26.9 Å². The number of benzene rings is 2. The summed E-state index contributed by atoms with van der Waals surface area (Å²) in [7, 11) is 0. The summed E-state index contributed by atoms with van der Waals surface area (Å²) in [5, 5.41) is 13.7. The second-order valence-electron chi connectivity index (χ2n) is 7.68. The molecular formula is C25H17F2N5O3. The van der Waals surface area contributed by atoms with Crippen molar-refractivity contribution in [3.63, 3.8) is 0 Å². The number of anilines is 1. The smallest absolute Gasteiger partial charge is 0.203 e. The molecule has 0 saturated carbocycles.